The maximum atomic E-state index is 11.6. The second-order valence-corrected chi connectivity index (χ2v) is 4.91. The number of amides is 2. The van der Waals surface area contributed by atoms with Crippen LogP contribution in [-0.2, 0) is 0 Å². The molecule has 20 heavy (non-hydrogen) atoms. The van der Waals surface area contributed by atoms with E-state index in [1.807, 2.05) is 24.3 Å². The molecule has 110 valence electrons. The van der Waals surface area contributed by atoms with Crippen LogP contribution >= 0.6 is 0 Å². The van der Waals surface area contributed by atoms with Crippen LogP contribution < -0.4 is 20.1 Å². The molecule has 0 bridgehead atoms. The van der Waals surface area contributed by atoms with E-state index in [2.05, 4.69) is 10.6 Å². The monoisotopic (exact) mass is 278 g/mol. The molecule has 1 saturated carbocycles. The molecule has 1 aromatic carbocycles. The van der Waals surface area contributed by atoms with Gasteiger partial charge in [-0.2, -0.15) is 0 Å². The maximum Gasteiger partial charge on any atom is 0.315 e. The minimum absolute atomic E-state index is 0.102. The van der Waals surface area contributed by atoms with Crippen LogP contribution in [0.2, 0.25) is 0 Å². The van der Waals surface area contributed by atoms with Gasteiger partial charge in [-0.3, -0.25) is 0 Å². The Hall–Kier alpha value is -1.91. The average Bonchev–Trinajstić information content (AvgIpc) is 2.97. The topological polar surface area (TPSA) is 59.6 Å². The smallest absolute Gasteiger partial charge is 0.315 e. The number of methoxy groups -OCH3 is 1. The molecule has 1 aromatic rings. The Bertz CT molecular complexity index is 414. The minimum Gasteiger partial charge on any atom is -0.497 e. The molecule has 5 nitrogen and oxygen atoms in total. The Morgan fingerprint density at radius 2 is 1.85 bits per heavy atom. The van der Waals surface area contributed by atoms with Crippen LogP contribution in [0, 0.1) is 0 Å². The summed E-state index contributed by atoms with van der Waals surface area (Å²) in [5, 5.41) is 5.77. The van der Waals surface area contributed by atoms with Crippen molar-refractivity contribution >= 4 is 6.03 Å². The Kier molecular flexibility index (Phi) is 5.53. The van der Waals surface area contributed by atoms with Gasteiger partial charge in [0.15, 0.2) is 0 Å². The van der Waals surface area contributed by atoms with Gasteiger partial charge in [-0.1, -0.05) is 12.8 Å². The van der Waals surface area contributed by atoms with Gasteiger partial charge in [0.2, 0.25) is 0 Å². The van der Waals surface area contributed by atoms with Crippen LogP contribution in [-0.4, -0.2) is 32.3 Å². The molecule has 2 rings (SSSR count). The van der Waals surface area contributed by atoms with Crippen molar-refractivity contribution in [2.24, 2.45) is 0 Å². The zero-order chi connectivity index (χ0) is 14.2. The van der Waals surface area contributed by atoms with E-state index < -0.39 is 0 Å². The molecule has 0 unspecified atom stereocenters. The standard InChI is InChI=1S/C15H22N2O3/c1-19-13-6-8-14(9-7-13)20-11-10-16-15(18)17-12-4-2-3-5-12/h6-9,12H,2-5,10-11H2,1H3,(H2,16,17,18). The van der Waals surface area contributed by atoms with Gasteiger partial charge in [-0.15, -0.1) is 0 Å². The molecule has 0 spiro atoms. The first-order chi connectivity index (χ1) is 9.78. The molecule has 0 saturated heterocycles. The quantitative estimate of drug-likeness (QED) is 0.785. The molecule has 5 heteroatoms. The summed E-state index contributed by atoms with van der Waals surface area (Å²) in [6, 6.07) is 7.62. The van der Waals surface area contributed by atoms with Gasteiger partial charge >= 0.3 is 6.03 Å². The van der Waals surface area contributed by atoms with Crippen LogP contribution in [0.4, 0.5) is 4.79 Å². The van der Waals surface area contributed by atoms with Crippen molar-refractivity contribution in [3.05, 3.63) is 24.3 Å². The van der Waals surface area contributed by atoms with E-state index >= 15 is 0 Å². The number of carbonyl (C=O) groups is 1. The van der Waals surface area contributed by atoms with E-state index in [9.17, 15) is 4.79 Å². The molecular formula is C15H22N2O3. The molecule has 0 aromatic heterocycles. The predicted molar refractivity (Wildman–Crippen MR) is 77.3 cm³/mol. The highest BCUT2D eigenvalue weighted by atomic mass is 16.5. The molecule has 0 aliphatic heterocycles. The van der Waals surface area contributed by atoms with Crippen LogP contribution in [0.3, 0.4) is 0 Å². The fourth-order valence-corrected chi connectivity index (χ4v) is 2.31. The molecular weight excluding hydrogens is 256 g/mol. The minimum atomic E-state index is -0.102. The summed E-state index contributed by atoms with van der Waals surface area (Å²) in [4.78, 5) is 11.6. The van der Waals surface area contributed by atoms with Gasteiger partial charge in [-0.25, -0.2) is 4.79 Å². The van der Waals surface area contributed by atoms with Crippen molar-refractivity contribution in [1.82, 2.24) is 10.6 Å². The third-order valence-electron chi connectivity index (χ3n) is 3.41. The SMILES string of the molecule is COc1ccc(OCCNC(=O)NC2CCCC2)cc1. The molecule has 1 fully saturated rings. The normalized spacial score (nSPS) is 14.8. The summed E-state index contributed by atoms with van der Waals surface area (Å²) in [5.41, 5.74) is 0. The Morgan fingerprint density at radius 3 is 2.50 bits per heavy atom. The number of urea groups is 1. The van der Waals surface area contributed by atoms with E-state index in [1.54, 1.807) is 7.11 Å². The summed E-state index contributed by atoms with van der Waals surface area (Å²) < 4.78 is 10.6. The lowest BCUT2D eigenvalue weighted by Gasteiger charge is -2.13. The first kappa shape index (κ1) is 14.5. The summed E-state index contributed by atoms with van der Waals surface area (Å²) in [5.74, 6) is 1.57. The summed E-state index contributed by atoms with van der Waals surface area (Å²) >= 11 is 0. The van der Waals surface area contributed by atoms with E-state index in [-0.39, 0.29) is 6.03 Å². The lowest BCUT2D eigenvalue weighted by Crippen LogP contribution is -2.42. The predicted octanol–water partition coefficient (Wildman–Crippen LogP) is 2.32. The lowest BCUT2D eigenvalue weighted by atomic mass is 10.2. The van der Waals surface area contributed by atoms with Gasteiger partial charge in [-0.05, 0) is 37.1 Å². The first-order valence-corrected chi connectivity index (χ1v) is 7.09. The van der Waals surface area contributed by atoms with Gasteiger partial charge < -0.3 is 20.1 Å². The summed E-state index contributed by atoms with van der Waals surface area (Å²) in [7, 11) is 1.63. The molecule has 0 radical (unpaired) electrons. The van der Waals surface area contributed by atoms with Gasteiger partial charge in [0, 0.05) is 6.04 Å². The molecule has 1 aliphatic rings. The van der Waals surface area contributed by atoms with Gasteiger partial charge in [0.05, 0.1) is 13.7 Å². The second-order valence-electron chi connectivity index (χ2n) is 4.91. The van der Waals surface area contributed by atoms with Gasteiger partial charge in [0.1, 0.15) is 18.1 Å². The Balaban J connectivity index is 1.59. The lowest BCUT2D eigenvalue weighted by molar-refractivity contribution is 0.233. The maximum absolute atomic E-state index is 11.6. The molecule has 1 aliphatic carbocycles. The average molecular weight is 278 g/mol. The van der Waals surface area contributed by atoms with Crippen molar-refractivity contribution in [2.45, 2.75) is 31.7 Å². The third kappa shape index (κ3) is 4.64. The molecule has 2 amide bonds. The highest BCUT2D eigenvalue weighted by molar-refractivity contribution is 5.74. The molecule has 0 heterocycles. The fourth-order valence-electron chi connectivity index (χ4n) is 2.31. The number of hydrogen-bond donors (Lipinski definition) is 2. The summed E-state index contributed by atoms with van der Waals surface area (Å²) in [6.07, 6.45) is 4.61. The van der Waals surface area contributed by atoms with Crippen LogP contribution in [0.25, 0.3) is 0 Å². The summed E-state index contributed by atoms with van der Waals surface area (Å²) in [6.45, 7) is 0.939. The van der Waals surface area contributed by atoms with Crippen molar-refractivity contribution in [3.63, 3.8) is 0 Å². The Morgan fingerprint density at radius 1 is 1.20 bits per heavy atom. The van der Waals surface area contributed by atoms with E-state index in [0.717, 1.165) is 24.3 Å². The van der Waals surface area contributed by atoms with Crippen LogP contribution in [0.1, 0.15) is 25.7 Å². The molecule has 0 atom stereocenters. The van der Waals surface area contributed by atoms with E-state index in [1.165, 1.54) is 12.8 Å². The number of hydrogen-bond acceptors (Lipinski definition) is 3. The highest BCUT2D eigenvalue weighted by Crippen LogP contribution is 2.17. The number of ether oxygens (including phenoxy) is 2. The number of nitrogens with one attached hydrogen (secondary N) is 2. The van der Waals surface area contributed by atoms with Crippen molar-refractivity contribution < 1.29 is 14.3 Å². The van der Waals surface area contributed by atoms with Crippen molar-refractivity contribution in [3.8, 4) is 11.5 Å². The van der Waals surface area contributed by atoms with E-state index in [4.69, 9.17) is 9.47 Å². The van der Waals surface area contributed by atoms with E-state index in [0.29, 0.717) is 19.2 Å². The highest BCUT2D eigenvalue weighted by Gasteiger charge is 2.16. The molecule has 2 N–H and O–H groups in total. The zero-order valence-electron chi connectivity index (χ0n) is 11.9. The number of rotatable bonds is 6. The third-order valence-corrected chi connectivity index (χ3v) is 3.41. The van der Waals surface area contributed by atoms with Crippen LogP contribution in [0.15, 0.2) is 24.3 Å². The van der Waals surface area contributed by atoms with Crippen LogP contribution in [0.5, 0.6) is 11.5 Å². The number of carbonyl (C=O) groups excluding carboxylic acids is 1. The van der Waals surface area contributed by atoms with Crippen molar-refractivity contribution in [1.29, 1.82) is 0 Å². The van der Waals surface area contributed by atoms with Crippen molar-refractivity contribution in [2.75, 3.05) is 20.3 Å². The fraction of sp³-hybridized carbons (Fsp3) is 0.533. The van der Waals surface area contributed by atoms with Gasteiger partial charge in [0.25, 0.3) is 0 Å². The zero-order valence-corrected chi connectivity index (χ0v) is 11.9. The first-order valence-electron chi connectivity index (χ1n) is 7.09. The number of benzene rings is 1. The second kappa shape index (κ2) is 7.62. The largest absolute Gasteiger partial charge is 0.497 e. The Labute approximate surface area is 119 Å².